The predicted molar refractivity (Wildman–Crippen MR) is 69.5 cm³/mol. The van der Waals surface area contributed by atoms with E-state index in [1.54, 1.807) is 13.2 Å². The molecular formula is C14H15NO3. The summed E-state index contributed by atoms with van der Waals surface area (Å²) in [6, 6.07) is 5.69. The Morgan fingerprint density at radius 1 is 1.44 bits per heavy atom. The smallest absolute Gasteiger partial charge is 0.363 e. The maximum Gasteiger partial charge on any atom is 0.363 e. The second-order valence-corrected chi connectivity index (χ2v) is 4.01. The van der Waals surface area contributed by atoms with E-state index in [1.807, 2.05) is 32.0 Å². The van der Waals surface area contributed by atoms with Crippen molar-refractivity contribution in [1.29, 1.82) is 0 Å². The van der Waals surface area contributed by atoms with Gasteiger partial charge in [0, 0.05) is 6.42 Å². The van der Waals surface area contributed by atoms with E-state index in [9.17, 15) is 4.79 Å². The van der Waals surface area contributed by atoms with Gasteiger partial charge in [0.1, 0.15) is 5.75 Å². The van der Waals surface area contributed by atoms with Gasteiger partial charge in [-0.25, -0.2) is 9.79 Å². The normalized spacial score (nSPS) is 16.7. The van der Waals surface area contributed by atoms with Crippen LogP contribution in [-0.4, -0.2) is 19.0 Å². The monoisotopic (exact) mass is 245 g/mol. The van der Waals surface area contributed by atoms with E-state index in [1.165, 1.54) is 0 Å². The number of carbonyl (C=O) groups excluding carboxylic acids is 1. The molecule has 0 aliphatic carbocycles. The predicted octanol–water partition coefficient (Wildman–Crippen LogP) is 2.71. The van der Waals surface area contributed by atoms with Crippen LogP contribution in [-0.2, 0) is 9.53 Å². The summed E-state index contributed by atoms with van der Waals surface area (Å²) in [6.07, 6.45) is 2.34. The van der Waals surface area contributed by atoms with Gasteiger partial charge >= 0.3 is 5.97 Å². The molecule has 0 spiro atoms. The number of esters is 1. The highest BCUT2D eigenvalue weighted by Crippen LogP contribution is 2.22. The van der Waals surface area contributed by atoms with Gasteiger partial charge in [-0.05, 0) is 36.3 Å². The lowest BCUT2D eigenvalue weighted by Crippen LogP contribution is -2.02. The molecule has 0 amide bonds. The second-order valence-electron chi connectivity index (χ2n) is 4.01. The summed E-state index contributed by atoms with van der Waals surface area (Å²) in [5, 5.41) is 0. The van der Waals surface area contributed by atoms with Crippen molar-refractivity contribution >= 4 is 17.9 Å². The number of ether oxygens (including phenoxy) is 2. The van der Waals surface area contributed by atoms with Gasteiger partial charge in [-0.2, -0.15) is 0 Å². The van der Waals surface area contributed by atoms with Crippen molar-refractivity contribution in [2.45, 2.75) is 20.3 Å². The topological polar surface area (TPSA) is 47.9 Å². The molecular weight excluding hydrogens is 230 g/mol. The number of aryl methyl sites for hydroxylation is 1. The van der Waals surface area contributed by atoms with Gasteiger partial charge in [0.15, 0.2) is 11.6 Å². The Balaban J connectivity index is 2.31. The quantitative estimate of drug-likeness (QED) is 0.607. The largest absolute Gasteiger partial charge is 0.496 e. The highest BCUT2D eigenvalue weighted by atomic mass is 16.6. The standard InChI is InChI=1S/C14H15NO3/c1-4-13-15-11(14(16)18-13)8-10-5-6-12(17-3)9(2)7-10/h5-8H,4H2,1-3H3/b11-8+. The number of aliphatic imine (C=N–C) groups is 1. The van der Waals surface area contributed by atoms with Crippen molar-refractivity contribution in [3.63, 3.8) is 0 Å². The minimum Gasteiger partial charge on any atom is -0.496 e. The van der Waals surface area contributed by atoms with E-state index >= 15 is 0 Å². The maximum absolute atomic E-state index is 11.5. The van der Waals surface area contributed by atoms with E-state index < -0.39 is 0 Å². The zero-order valence-electron chi connectivity index (χ0n) is 10.7. The molecule has 0 unspecified atom stereocenters. The zero-order chi connectivity index (χ0) is 13.1. The lowest BCUT2D eigenvalue weighted by atomic mass is 10.1. The number of hydrogen-bond acceptors (Lipinski definition) is 4. The zero-order valence-corrected chi connectivity index (χ0v) is 10.7. The molecule has 2 rings (SSSR count). The first-order valence-corrected chi connectivity index (χ1v) is 5.80. The van der Waals surface area contributed by atoms with Crippen molar-refractivity contribution in [2.75, 3.05) is 7.11 Å². The molecule has 4 nitrogen and oxygen atoms in total. The number of cyclic esters (lactones) is 1. The van der Waals surface area contributed by atoms with Crippen molar-refractivity contribution in [2.24, 2.45) is 4.99 Å². The molecule has 0 radical (unpaired) electrons. The third-order valence-electron chi connectivity index (χ3n) is 2.69. The highest BCUT2D eigenvalue weighted by molar-refractivity contribution is 6.07. The van der Waals surface area contributed by atoms with Crippen molar-refractivity contribution in [3.8, 4) is 5.75 Å². The summed E-state index contributed by atoms with van der Waals surface area (Å²) in [6.45, 7) is 3.85. The van der Waals surface area contributed by atoms with Crippen molar-refractivity contribution in [1.82, 2.24) is 0 Å². The minimum atomic E-state index is -0.389. The molecule has 0 fully saturated rings. The van der Waals surface area contributed by atoms with Gasteiger partial charge in [-0.1, -0.05) is 13.0 Å². The molecule has 0 atom stereocenters. The Morgan fingerprint density at radius 2 is 2.22 bits per heavy atom. The molecule has 1 aromatic rings. The van der Waals surface area contributed by atoms with Crippen LogP contribution in [0, 0.1) is 6.92 Å². The number of nitrogens with zero attached hydrogens (tertiary/aromatic N) is 1. The van der Waals surface area contributed by atoms with Crippen LogP contribution in [0.3, 0.4) is 0 Å². The molecule has 1 heterocycles. The van der Waals surface area contributed by atoms with E-state index in [2.05, 4.69) is 4.99 Å². The van der Waals surface area contributed by atoms with Gasteiger partial charge < -0.3 is 9.47 Å². The summed E-state index contributed by atoms with van der Waals surface area (Å²) in [5.41, 5.74) is 2.26. The number of hydrogen-bond donors (Lipinski definition) is 0. The van der Waals surface area contributed by atoms with Gasteiger partial charge in [-0.3, -0.25) is 0 Å². The summed E-state index contributed by atoms with van der Waals surface area (Å²) in [7, 11) is 1.63. The Morgan fingerprint density at radius 3 is 2.78 bits per heavy atom. The molecule has 0 aromatic heterocycles. The van der Waals surface area contributed by atoms with E-state index in [0.29, 0.717) is 18.0 Å². The van der Waals surface area contributed by atoms with Crippen LogP contribution in [0.1, 0.15) is 24.5 Å². The SMILES string of the molecule is CCC1=N/C(=C/c2ccc(OC)c(C)c2)C(=O)O1. The van der Waals surface area contributed by atoms with Gasteiger partial charge in [0.05, 0.1) is 7.11 Å². The minimum absolute atomic E-state index is 0.344. The first kappa shape index (κ1) is 12.4. The molecule has 0 saturated carbocycles. The molecule has 1 aliphatic heterocycles. The van der Waals surface area contributed by atoms with Gasteiger partial charge in [0.2, 0.25) is 0 Å². The number of carbonyl (C=O) groups is 1. The molecule has 1 aromatic carbocycles. The fraction of sp³-hybridized carbons (Fsp3) is 0.286. The number of benzene rings is 1. The second kappa shape index (κ2) is 5.04. The van der Waals surface area contributed by atoms with Crippen LogP contribution < -0.4 is 4.74 Å². The molecule has 0 saturated heterocycles. The van der Waals surface area contributed by atoms with Crippen LogP contribution in [0.25, 0.3) is 6.08 Å². The molecule has 1 aliphatic rings. The summed E-state index contributed by atoms with van der Waals surface area (Å²) >= 11 is 0. The Bertz CT molecular complexity index is 544. The average molecular weight is 245 g/mol. The molecule has 94 valence electrons. The number of methoxy groups -OCH3 is 1. The fourth-order valence-corrected chi connectivity index (χ4v) is 1.75. The van der Waals surface area contributed by atoms with Crippen LogP contribution >= 0.6 is 0 Å². The summed E-state index contributed by atoms with van der Waals surface area (Å²) in [4.78, 5) is 15.7. The molecule has 18 heavy (non-hydrogen) atoms. The van der Waals surface area contributed by atoms with Crippen molar-refractivity contribution < 1.29 is 14.3 Å². The van der Waals surface area contributed by atoms with Crippen LogP contribution in [0.5, 0.6) is 5.75 Å². The third kappa shape index (κ3) is 2.42. The molecule has 0 N–H and O–H groups in total. The lowest BCUT2D eigenvalue weighted by molar-refractivity contribution is -0.130. The fourth-order valence-electron chi connectivity index (χ4n) is 1.75. The van der Waals surface area contributed by atoms with Crippen LogP contribution in [0.15, 0.2) is 28.9 Å². The molecule has 4 heteroatoms. The van der Waals surface area contributed by atoms with Gasteiger partial charge in [-0.15, -0.1) is 0 Å². The Kier molecular flexibility index (Phi) is 3.46. The Hall–Kier alpha value is -2.10. The Labute approximate surface area is 106 Å². The number of rotatable bonds is 3. The van der Waals surface area contributed by atoms with Crippen LogP contribution in [0.4, 0.5) is 0 Å². The lowest BCUT2D eigenvalue weighted by Gasteiger charge is -2.04. The van der Waals surface area contributed by atoms with Crippen LogP contribution in [0.2, 0.25) is 0 Å². The maximum atomic E-state index is 11.5. The van der Waals surface area contributed by atoms with Crippen molar-refractivity contribution in [3.05, 3.63) is 35.0 Å². The summed E-state index contributed by atoms with van der Waals surface area (Å²) < 4.78 is 10.2. The third-order valence-corrected chi connectivity index (χ3v) is 2.69. The first-order chi connectivity index (χ1) is 8.63. The summed E-state index contributed by atoms with van der Waals surface area (Å²) in [5.74, 6) is 0.903. The van der Waals surface area contributed by atoms with E-state index in [-0.39, 0.29) is 5.97 Å². The first-order valence-electron chi connectivity index (χ1n) is 5.80. The molecule has 0 bridgehead atoms. The van der Waals surface area contributed by atoms with E-state index in [4.69, 9.17) is 9.47 Å². The van der Waals surface area contributed by atoms with Gasteiger partial charge in [0.25, 0.3) is 0 Å². The highest BCUT2D eigenvalue weighted by Gasteiger charge is 2.21. The van der Waals surface area contributed by atoms with E-state index in [0.717, 1.165) is 16.9 Å². The average Bonchev–Trinajstić information content (AvgIpc) is 2.70.